The van der Waals surface area contributed by atoms with Crippen molar-refractivity contribution < 1.29 is 23.9 Å². The summed E-state index contributed by atoms with van der Waals surface area (Å²) in [6.45, 7) is 0.486. The molecule has 1 heterocycles. The molecule has 0 saturated carbocycles. The fourth-order valence-electron chi connectivity index (χ4n) is 1.96. The maximum Gasteiger partial charge on any atom is 0.411 e. The summed E-state index contributed by atoms with van der Waals surface area (Å²) in [4.78, 5) is 36.5. The van der Waals surface area contributed by atoms with Crippen molar-refractivity contribution >= 4 is 41.0 Å². The third-order valence-corrected chi connectivity index (χ3v) is 4.02. The number of hydrogen-bond donors (Lipinski definition) is 2. The summed E-state index contributed by atoms with van der Waals surface area (Å²) in [6.07, 6.45) is -0.602. The van der Waals surface area contributed by atoms with Gasteiger partial charge in [-0.2, -0.15) is 0 Å². The molecule has 1 saturated heterocycles. The SMILES string of the molecule is COCCOC(=O)Nc1cccc(NC(=O)CN2CSCC2=O)c1. The molecular weight excluding hydrogens is 334 g/mol. The summed E-state index contributed by atoms with van der Waals surface area (Å²) in [7, 11) is 1.52. The van der Waals surface area contributed by atoms with E-state index in [1.807, 2.05) is 0 Å². The molecule has 2 N–H and O–H groups in total. The minimum absolute atomic E-state index is 0.0164. The summed E-state index contributed by atoms with van der Waals surface area (Å²) in [5, 5.41) is 5.26. The molecule has 0 bridgehead atoms. The molecule has 9 heteroatoms. The molecule has 0 spiro atoms. The van der Waals surface area contributed by atoms with E-state index >= 15 is 0 Å². The van der Waals surface area contributed by atoms with Crippen LogP contribution in [0.25, 0.3) is 0 Å². The molecular formula is C15H19N3O5S. The van der Waals surface area contributed by atoms with Gasteiger partial charge in [-0.1, -0.05) is 6.07 Å². The zero-order valence-corrected chi connectivity index (χ0v) is 14.1. The molecule has 1 aromatic rings. The Kier molecular flexibility index (Phi) is 6.89. The largest absolute Gasteiger partial charge is 0.447 e. The van der Waals surface area contributed by atoms with E-state index in [4.69, 9.17) is 9.47 Å². The Labute approximate surface area is 143 Å². The second-order valence-electron chi connectivity index (χ2n) is 4.95. The van der Waals surface area contributed by atoms with Gasteiger partial charge in [-0.05, 0) is 18.2 Å². The van der Waals surface area contributed by atoms with E-state index in [0.717, 1.165) is 0 Å². The lowest BCUT2D eigenvalue weighted by atomic mass is 10.2. The number of anilines is 2. The molecule has 3 amide bonds. The molecule has 0 unspecified atom stereocenters. The first-order valence-corrected chi connectivity index (χ1v) is 8.42. The number of ether oxygens (including phenoxy) is 2. The number of hydrogen-bond acceptors (Lipinski definition) is 6. The molecule has 1 aromatic carbocycles. The molecule has 1 aliphatic rings. The van der Waals surface area contributed by atoms with Crippen LogP contribution in [-0.2, 0) is 19.1 Å². The van der Waals surface area contributed by atoms with Crippen molar-refractivity contribution in [3.63, 3.8) is 0 Å². The smallest absolute Gasteiger partial charge is 0.411 e. The third-order valence-electron chi connectivity index (χ3n) is 3.07. The highest BCUT2D eigenvalue weighted by Crippen LogP contribution is 2.17. The maximum absolute atomic E-state index is 12.0. The highest BCUT2D eigenvalue weighted by atomic mass is 32.2. The molecule has 24 heavy (non-hydrogen) atoms. The summed E-state index contributed by atoms with van der Waals surface area (Å²) in [6, 6.07) is 6.67. The lowest BCUT2D eigenvalue weighted by Gasteiger charge is -2.14. The average Bonchev–Trinajstić information content (AvgIpc) is 2.93. The zero-order chi connectivity index (χ0) is 17.4. The Morgan fingerprint density at radius 2 is 2.00 bits per heavy atom. The van der Waals surface area contributed by atoms with E-state index in [1.165, 1.54) is 23.8 Å². The molecule has 0 aliphatic carbocycles. The van der Waals surface area contributed by atoms with Crippen LogP contribution in [0, 0.1) is 0 Å². The number of benzene rings is 1. The third kappa shape index (κ3) is 5.74. The molecule has 0 aromatic heterocycles. The van der Waals surface area contributed by atoms with E-state index < -0.39 is 6.09 Å². The topological polar surface area (TPSA) is 97.0 Å². The number of amides is 3. The zero-order valence-electron chi connectivity index (χ0n) is 13.2. The van der Waals surface area contributed by atoms with Crippen LogP contribution >= 0.6 is 11.8 Å². The molecule has 8 nitrogen and oxygen atoms in total. The van der Waals surface area contributed by atoms with Crippen LogP contribution in [0.2, 0.25) is 0 Å². The van der Waals surface area contributed by atoms with Crippen LogP contribution < -0.4 is 10.6 Å². The second-order valence-corrected chi connectivity index (χ2v) is 5.91. The number of rotatable bonds is 7. The first-order chi connectivity index (χ1) is 11.6. The minimum Gasteiger partial charge on any atom is -0.447 e. The number of thioether (sulfide) groups is 1. The van der Waals surface area contributed by atoms with Crippen LogP contribution in [0.15, 0.2) is 24.3 Å². The number of nitrogens with zero attached hydrogens (tertiary/aromatic N) is 1. The molecule has 130 valence electrons. The predicted molar refractivity (Wildman–Crippen MR) is 91.0 cm³/mol. The van der Waals surface area contributed by atoms with E-state index in [9.17, 15) is 14.4 Å². The normalized spacial score (nSPS) is 13.7. The second kappa shape index (κ2) is 9.14. The van der Waals surface area contributed by atoms with Gasteiger partial charge < -0.3 is 19.7 Å². The Morgan fingerprint density at radius 1 is 1.25 bits per heavy atom. The maximum atomic E-state index is 12.0. The van der Waals surface area contributed by atoms with E-state index in [1.54, 1.807) is 24.3 Å². The van der Waals surface area contributed by atoms with Crippen molar-refractivity contribution in [1.82, 2.24) is 4.90 Å². The molecule has 1 aliphatic heterocycles. The van der Waals surface area contributed by atoms with Gasteiger partial charge in [-0.25, -0.2) is 4.79 Å². The fourth-order valence-corrected chi connectivity index (χ4v) is 2.86. The fraction of sp³-hybridized carbons (Fsp3) is 0.400. The average molecular weight is 353 g/mol. The van der Waals surface area contributed by atoms with Gasteiger partial charge in [0.05, 0.1) is 18.2 Å². The highest BCUT2D eigenvalue weighted by Gasteiger charge is 2.22. The van der Waals surface area contributed by atoms with Crippen molar-refractivity contribution in [3.05, 3.63) is 24.3 Å². The van der Waals surface area contributed by atoms with Gasteiger partial charge in [0.25, 0.3) is 0 Å². The Bertz CT molecular complexity index is 611. The standard InChI is InChI=1S/C15H19N3O5S/c1-22-5-6-23-15(21)17-12-4-2-3-11(7-12)16-13(19)8-18-10-24-9-14(18)20/h2-4,7H,5-6,8-10H2,1H3,(H,16,19)(H,17,21). The van der Waals surface area contributed by atoms with Gasteiger partial charge in [0.2, 0.25) is 11.8 Å². The predicted octanol–water partition coefficient (Wildman–Crippen LogP) is 1.35. The van der Waals surface area contributed by atoms with Crippen molar-refractivity contribution in [3.8, 4) is 0 Å². The lowest BCUT2D eigenvalue weighted by molar-refractivity contribution is -0.130. The number of carbonyl (C=O) groups is 3. The van der Waals surface area contributed by atoms with Crippen LogP contribution in [-0.4, -0.2) is 61.3 Å². The van der Waals surface area contributed by atoms with Gasteiger partial charge in [0.15, 0.2) is 0 Å². The number of nitrogens with one attached hydrogen (secondary N) is 2. The molecule has 2 rings (SSSR count). The Morgan fingerprint density at radius 3 is 2.67 bits per heavy atom. The van der Waals surface area contributed by atoms with E-state index in [-0.39, 0.29) is 25.0 Å². The van der Waals surface area contributed by atoms with Gasteiger partial charge in [0, 0.05) is 18.5 Å². The summed E-state index contributed by atoms with van der Waals surface area (Å²) < 4.78 is 9.68. The van der Waals surface area contributed by atoms with Gasteiger partial charge in [-0.15, -0.1) is 11.8 Å². The molecule has 0 radical (unpaired) electrons. The van der Waals surface area contributed by atoms with Crippen LogP contribution in [0.1, 0.15) is 0 Å². The number of carbonyl (C=O) groups excluding carboxylic acids is 3. The van der Waals surface area contributed by atoms with E-state index in [0.29, 0.717) is 29.6 Å². The monoisotopic (exact) mass is 353 g/mol. The van der Waals surface area contributed by atoms with Gasteiger partial charge >= 0.3 is 6.09 Å². The van der Waals surface area contributed by atoms with Crippen molar-refractivity contribution in [2.75, 3.05) is 49.1 Å². The summed E-state index contributed by atoms with van der Waals surface area (Å²) in [5.41, 5.74) is 1.01. The first-order valence-electron chi connectivity index (χ1n) is 7.26. The van der Waals surface area contributed by atoms with Crippen LogP contribution in [0.4, 0.5) is 16.2 Å². The first kappa shape index (κ1) is 18.1. The quantitative estimate of drug-likeness (QED) is 0.718. The van der Waals surface area contributed by atoms with Crippen LogP contribution in [0.5, 0.6) is 0 Å². The lowest BCUT2D eigenvalue weighted by Crippen LogP contribution is -2.34. The van der Waals surface area contributed by atoms with Gasteiger partial charge in [-0.3, -0.25) is 14.9 Å². The van der Waals surface area contributed by atoms with Gasteiger partial charge in [0.1, 0.15) is 13.2 Å². The molecule has 1 fully saturated rings. The number of methoxy groups -OCH3 is 1. The molecule has 0 atom stereocenters. The Balaban J connectivity index is 1.84. The minimum atomic E-state index is -0.602. The van der Waals surface area contributed by atoms with Crippen molar-refractivity contribution in [1.29, 1.82) is 0 Å². The van der Waals surface area contributed by atoms with Crippen molar-refractivity contribution in [2.45, 2.75) is 0 Å². The van der Waals surface area contributed by atoms with Crippen LogP contribution in [0.3, 0.4) is 0 Å². The highest BCUT2D eigenvalue weighted by molar-refractivity contribution is 8.00. The van der Waals surface area contributed by atoms with E-state index in [2.05, 4.69) is 10.6 Å². The summed E-state index contributed by atoms with van der Waals surface area (Å²) in [5.74, 6) is 0.619. The summed E-state index contributed by atoms with van der Waals surface area (Å²) >= 11 is 1.48. The Hall–Kier alpha value is -2.26. The van der Waals surface area contributed by atoms with Crippen molar-refractivity contribution in [2.24, 2.45) is 0 Å².